The summed E-state index contributed by atoms with van der Waals surface area (Å²) in [6.45, 7) is 15.0. The minimum atomic E-state index is -5.20. The van der Waals surface area contributed by atoms with Crippen molar-refractivity contribution in [3.8, 4) is 11.5 Å². The first-order valence-corrected chi connectivity index (χ1v) is 17.6. The van der Waals surface area contributed by atoms with Gasteiger partial charge in [-0.15, -0.1) is 0 Å². The van der Waals surface area contributed by atoms with Gasteiger partial charge in [0.15, 0.2) is 28.2 Å². The molecule has 3 aromatic rings. The summed E-state index contributed by atoms with van der Waals surface area (Å²) in [5, 5.41) is 3.47. The predicted octanol–water partition coefficient (Wildman–Crippen LogP) is 2.16. The van der Waals surface area contributed by atoms with E-state index in [1.165, 1.54) is 0 Å². The smallest absolute Gasteiger partial charge is 0.224 e. The molecule has 45 heavy (non-hydrogen) atoms. The lowest BCUT2D eigenvalue weighted by Crippen LogP contribution is -2.81. The first-order valence-electron chi connectivity index (χ1n) is 14.7. The Morgan fingerprint density at radius 1 is 0.889 bits per heavy atom. The average Bonchev–Trinajstić information content (AvgIpc) is 3.28. The second-order valence-corrected chi connectivity index (χ2v) is 16.3. The summed E-state index contributed by atoms with van der Waals surface area (Å²) in [5.74, 6) is -1.04. The van der Waals surface area contributed by atoms with E-state index in [1.54, 1.807) is 50.2 Å². The summed E-state index contributed by atoms with van der Waals surface area (Å²) in [4.78, 5) is 14.6. The molecule has 12 heteroatoms. The molecule has 3 aromatic carbocycles. The van der Waals surface area contributed by atoms with Crippen molar-refractivity contribution in [3.05, 3.63) is 74.8 Å². The number of hydrogen-bond donors (Lipinski definition) is 2. The van der Waals surface area contributed by atoms with Gasteiger partial charge in [-0.25, -0.2) is 21.8 Å². The van der Waals surface area contributed by atoms with Crippen molar-refractivity contribution in [1.82, 2.24) is 0 Å². The summed E-state index contributed by atoms with van der Waals surface area (Å²) >= 11 is 0. The van der Waals surface area contributed by atoms with Gasteiger partial charge in [-0.05, 0) is 51.0 Å². The number of ether oxygens (including phenoxy) is 1. The maximum Gasteiger partial charge on any atom is 0.224 e. The molecule has 0 saturated carbocycles. The molecule has 0 bridgehead atoms. The van der Waals surface area contributed by atoms with Gasteiger partial charge in [0.05, 0.1) is 11.1 Å². The molecule has 0 spiro atoms. The maximum absolute atomic E-state index is 13.0. The highest BCUT2D eigenvalue weighted by Gasteiger charge is 2.46. The molecule has 0 aromatic heterocycles. The number of hydrogen-bond acceptors (Lipinski definition) is 9. The van der Waals surface area contributed by atoms with Gasteiger partial charge < -0.3 is 19.2 Å². The summed E-state index contributed by atoms with van der Waals surface area (Å²) in [5.41, 5.74) is 1.64. The number of fused-ring (bicyclic) bond motifs is 4. The quantitative estimate of drug-likeness (QED) is 0.243. The van der Waals surface area contributed by atoms with Gasteiger partial charge in [0.2, 0.25) is 5.36 Å². The summed E-state index contributed by atoms with van der Waals surface area (Å²) in [6, 6.07) is 9.69. The van der Waals surface area contributed by atoms with Crippen LogP contribution < -0.4 is 25.6 Å². The summed E-state index contributed by atoms with van der Waals surface area (Å²) in [6.07, 6.45) is 0. The van der Waals surface area contributed by atoms with Crippen molar-refractivity contribution < 1.29 is 40.5 Å². The molecule has 238 valence electrons. The van der Waals surface area contributed by atoms with Crippen LogP contribution in [0, 0.1) is 5.92 Å². The summed E-state index contributed by atoms with van der Waals surface area (Å²) < 4.78 is 84.2. The molecule has 0 aliphatic carbocycles. The van der Waals surface area contributed by atoms with Crippen LogP contribution in [0.1, 0.15) is 88.0 Å². The Morgan fingerprint density at radius 2 is 1.49 bits per heavy atom. The third kappa shape index (κ3) is 4.56. The number of Topliss-reactive ketones (excluding diaryl/α,β-unsaturated/α-hetero) is 1. The molecule has 2 unspecified atom stereocenters. The molecule has 3 aliphatic heterocycles. The average molecular weight is 652 g/mol. The highest BCUT2D eigenvalue weighted by molar-refractivity contribution is 7.86. The Hall–Kier alpha value is -3.58. The van der Waals surface area contributed by atoms with E-state index in [-0.39, 0.29) is 57.1 Å². The molecule has 6 rings (SSSR count). The highest BCUT2D eigenvalue weighted by Crippen LogP contribution is 2.52. The maximum atomic E-state index is 13.0. The molecule has 3 heterocycles. The van der Waals surface area contributed by atoms with Crippen LogP contribution in [-0.4, -0.2) is 43.8 Å². The van der Waals surface area contributed by atoms with Crippen LogP contribution in [-0.2, 0) is 31.1 Å². The van der Waals surface area contributed by atoms with E-state index < -0.39 is 40.9 Å². The second kappa shape index (κ2) is 9.71. The van der Waals surface area contributed by atoms with E-state index in [0.29, 0.717) is 27.8 Å². The first-order chi connectivity index (χ1) is 20.7. The Kier molecular flexibility index (Phi) is 6.78. The van der Waals surface area contributed by atoms with Crippen LogP contribution >= 0.6 is 0 Å². The van der Waals surface area contributed by atoms with E-state index in [0.717, 1.165) is 0 Å². The number of nitrogens with one attached hydrogen (secondary N) is 2. The van der Waals surface area contributed by atoms with Crippen molar-refractivity contribution in [3.63, 3.8) is 0 Å². The number of ketones is 1. The van der Waals surface area contributed by atoms with Gasteiger partial charge in [-0.2, -0.15) is 0 Å². The molecule has 2 N–H and O–H groups in total. The van der Waals surface area contributed by atoms with E-state index in [4.69, 9.17) is 4.74 Å². The van der Waals surface area contributed by atoms with Crippen LogP contribution in [0.4, 0.5) is 5.69 Å². The normalized spacial score (nSPS) is 20.8. The molecule has 0 saturated heterocycles. The van der Waals surface area contributed by atoms with E-state index >= 15 is 0 Å². The number of carbonyl (C=O) groups is 1. The van der Waals surface area contributed by atoms with Gasteiger partial charge in [0.1, 0.15) is 25.1 Å². The number of rotatable bonds is 5. The Labute approximate surface area is 262 Å². The number of carbonyl (C=O) groups excluding carboxylic acids is 1. The van der Waals surface area contributed by atoms with Crippen molar-refractivity contribution in [2.75, 3.05) is 5.32 Å². The number of anilines is 1. The van der Waals surface area contributed by atoms with Crippen LogP contribution in [0.25, 0.3) is 5.57 Å². The predicted molar refractivity (Wildman–Crippen MR) is 164 cm³/mol. The fourth-order valence-electron chi connectivity index (χ4n) is 6.59. The van der Waals surface area contributed by atoms with Gasteiger partial charge in [0, 0.05) is 44.9 Å². The molecule has 0 radical (unpaired) electrons. The van der Waals surface area contributed by atoms with E-state index in [2.05, 4.69) is 10.3 Å². The van der Waals surface area contributed by atoms with Gasteiger partial charge >= 0.3 is 0 Å². The van der Waals surface area contributed by atoms with Crippen LogP contribution in [0.2, 0.25) is 0 Å². The van der Waals surface area contributed by atoms with Crippen molar-refractivity contribution in [2.24, 2.45) is 5.92 Å². The SMILES string of the molecule is CC(C)C(=O)c1ccc(C2=c3cc4c(c(S(=O)(=O)[O-])c3Oc3c2cc2c(c3S(=O)(=O)[O-])NC(C)C2(C)C)=[NH+]C(C)C4(C)C)cc1. The lowest BCUT2D eigenvalue weighted by atomic mass is 9.78. The Bertz CT molecular complexity index is 2180. The zero-order valence-corrected chi connectivity index (χ0v) is 27.9. The molecule has 2 atom stereocenters. The molecule has 10 nitrogen and oxygen atoms in total. The number of benzene rings is 3. The van der Waals surface area contributed by atoms with Gasteiger partial charge in [-0.3, -0.25) is 4.79 Å². The van der Waals surface area contributed by atoms with Crippen molar-refractivity contribution in [2.45, 2.75) is 88.1 Å². The first kappa shape index (κ1) is 31.4. The highest BCUT2D eigenvalue weighted by atomic mass is 32.2. The monoisotopic (exact) mass is 651 g/mol. The zero-order valence-electron chi connectivity index (χ0n) is 26.3. The van der Waals surface area contributed by atoms with E-state index in [1.807, 2.05) is 41.5 Å². The van der Waals surface area contributed by atoms with Crippen LogP contribution in [0.5, 0.6) is 11.5 Å². The third-order valence-corrected chi connectivity index (χ3v) is 11.8. The van der Waals surface area contributed by atoms with Crippen LogP contribution in [0.3, 0.4) is 0 Å². The fourth-order valence-corrected chi connectivity index (χ4v) is 8.18. The molecular formula is C33H35N2O8S2-. The summed E-state index contributed by atoms with van der Waals surface area (Å²) in [7, 11) is -10.4. The largest absolute Gasteiger partial charge is 0.744 e. The minimum absolute atomic E-state index is 0.0712. The lowest BCUT2D eigenvalue weighted by Gasteiger charge is -2.29. The van der Waals surface area contributed by atoms with Gasteiger partial charge in [-0.1, -0.05) is 52.0 Å². The molecule has 0 amide bonds. The van der Waals surface area contributed by atoms with E-state index in [9.17, 15) is 30.7 Å². The van der Waals surface area contributed by atoms with Crippen LogP contribution in [0.15, 0.2) is 46.2 Å². The Morgan fingerprint density at radius 3 is 2.04 bits per heavy atom. The fraction of sp³-hybridized carbons (Fsp3) is 0.394. The standard InChI is InChI=1S/C33H36N2O8S2/c1-15(2)27(36)19-11-9-18(10-12-19)24-20-13-22-25(34-16(3)32(22,5)6)30(44(37,38)39)28(20)43-29-21(24)14-23-26(31(29)45(40,41)42)35-17(4)33(23,7)8/h9-17,34H,1-8H3,(H,37,38,39)(H,40,41,42)/p-1. The third-order valence-electron chi connectivity index (χ3n) is 9.97. The molecule has 3 aliphatic rings. The van der Waals surface area contributed by atoms with Crippen molar-refractivity contribution >= 4 is 37.3 Å². The Balaban J connectivity index is 1.84. The topological polar surface area (TPSA) is 167 Å². The van der Waals surface area contributed by atoms with Crippen molar-refractivity contribution in [1.29, 1.82) is 0 Å². The minimum Gasteiger partial charge on any atom is -0.744 e. The molecule has 0 fully saturated rings. The molecular weight excluding hydrogens is 617 g/mol. The zero-order chi connectivity index (χ0) is 33.2. The van der Waals surface area contributed by atoms with Gasteiger partial charge in [0.25, 0.3) is 0 Å². The second-order valence-electron chi connectivity index (χ2n) is 13.7. The lowest BCUT2D eigenvalue weighted by molar-refractivity contribution is -0.539.